The van der Waals surface area contributed by atoms with E-state index in [0.29, 0.717) is 0 Å². The van der Waals surface area contributed by atoms with Gasteiger partial charge in [-0.1, -0.05) is 26.0 Å². The Morgan fingerprint density at radius 2 is 1.93 bits per heavy atom. The molecule has 0 saturated carbocycles. The molecule has 3 rings (SSSR count). The van der Waals surface area contributed by atoms with E-state index >= 15 is 0 Å². The summed E-state index contributed by atoms with van der Waals surface area (Å²) in [7, 11) is 1.98. The summed E-state index contributed by atoms with van der Waals surface area (Å²) in [6.07, 6.45) is 3.63. The summed E-state index contributed by atoms with van der Waals surface area (Å²) >= 11 is 1.61. The second-order valence-electron chi connectivity index (χ2n) is 7.19. The number of ketones is 1. The van der Waals surface area contributed by atoms with Crippen molar-refractivity contribution >= 4 is 28.8 Å². The lowest BCUT2D eigenvalue weighted by Crippen LogP contribution is -2.37. The van der Waals surface area contributed by atoms with Gasteiger partial charge in [0.1, 0.15) is 11.6 Å². The normalized spacial score (nSPS) is 12.9. The molecule has 0 amide bonds. The summed E-state index contributed by atoms with van der Waals surface area (Å²) in [6, 6.07) is 10.4. The maximum Gasteiger partial charge on any atom is 0.148 e. The first-order chi connectivity index (χ1) is 12.9. The van der Waals surface area contributed by atoms with Gasteiger partial charge >= 0.3 is 0 Å². The smallest absolute Gasteiger partial charge is 0.148 e. The van der Waals surface area contributed by atoms with E-state index in [9.17, 15) is 4.79 Å². The minimum absolute atomic E-state index is 0.0814. The fourth-order valence-electron chi connectivity index (χ4n) is 3.50. The largest absolute Gasteiger partial charge is 0.322 e. The van der Waals surface area contributed by atoms with E-state index in [1.54, 1.807) is 25.1 Å². The van der Waals surface area contributed by atoms with Gasteiger partial charge in [-0.3, -0.25) is 9.78 Å². The first-order valence-electron chi connectivity index (χ1n) is 9.14. The predicted octanol–water partition coefficient (Wildman–Crippen LogP) is 4.34. The monoisotopic (exact) mass is 382 g/mol. The molecule has 2 aromatic heterocycles. The maximum atomic E-state index is 11.9. The van der Waals surface area contributed by atoms with E-state index < -0.39 is 0 Å². The highest BCUT2D eigenvalue weighted by Crippen LogP contribution is 2.27. The third-order valence-electron chi connectivity index (χ3n) is 4.69. The number of aryl methyl sites for hydroxylation is 1. The summed E-state index contributed by atoms with van der Waals surface area (Å²) in [6.45, 7) is 8.61. The van der Waals surface area contributed by atoms with Gasteiger partial charge in [0.2, 0.25) is 0 Å². The van der Waals surface area contributed by atoms with Crippen molar-refractivity contribution in [2.75, 3.05) is 7.05 Å². The van der Waals surface area contributed by atoms with Crippen molar-refractivity contribution in [3.05, 3.63) is 54.1 Å². The molecule has 0 spiro atoms. The molecule has 5 nitrogen and oxygen atoms in total. The number of nitrogens with zero attached hydrogens (tertiary/aromatic N) is 4. The average molecular weight is 383 g/mol. The molecular weight excluding hydrogens is 356 g/mol. The van der Waals surface area contributed by atoms with Crippen LogP contribution in [0.15, 0.2) is 47.6 Å². The van der Waals surface area contributed by atoms with Gasteiger partial charge in [0.15, 0.2) is 0 Å². The molecule has 0 bridgehead atoms. The van der Waals surface area contributed by atoms with Crippen LogP contribution in [-0.2, 0) is 11.3 Å². The van der Waals surface area contributed by atoms with Gasteiger partial charge in [-0.2, -0.15) is 0 Å². The van der Waals surface area contributed by atoms with Crippen LogP contribution in [0.5, 0.6) is 0 Å². The number of pyridine rings is 1. The number of hydrogen-bond donors (Lipinski definition) is 0. The van der Waals surface area contributed by atoms with Gasteiger partial charge in [-0.05, 0) is 62.5 Å². The summed E-state index contributed by atoms with van der Waals surface area (Å²) in [5, 5.41) is 0. The summed E-state index contributed by atoms with van der Waals surface area (Å²) in [5.41, 5.74) is 3.23. The molecule has 0 N–H and O–H groups in total. The van der Waals surface area contributed by atoms with E-state index in [4.69, 9.17) is 0 Å². The Bertz CT molecular complexity index is 933. The Hall–Kier alpha value is -2.18. The number of carbonyl (C=O) groups excluding carboxylic acids is 1. The van der Waals surface area contributed by atoms with E-state index in [-0.39, 0.29) is 17.7 Å². The van der Waals surface area contributed by atoms with Crippen LogP contribution in [-0.4, -0.2) is 37.7 Å². The number of rotatable bonds is 7. The van der Waals surface area contributed by atoms with E-state index in [1.807, 2.05) is 26.2 Å². The van der Waals surface area contributed by atoms with Gasteiger partial charge in [0.05, 0.1) is 23.3 Å². The SMILES string of the molecule is CC(=O)C(C(C)C)N(C)Sc1ccc(Cn2c(C)nc3ccncc32)cc1. The Morgan fingerprint density at radius 1 is 1.22 bits per heavy atom. The van der Waals surface area contributed by atoms with Gasteiger partial charge < -0.3 is 4.57 Å². The maximum absolute atomic E-state index is 11.9. The number of fused-ring (bicyclic) bond motifs is 1. The van der Waals surface area contributed by atoms with Crippen LogP contribution in [0, 0.1) is 12.8 Å². The Labute approximate surface area is 164 Å². The summed E-state index contributed by atoms with van der Waals surface area (Å²) in [5.74, 6) is 1.47. The molecule has 27 heavy (non-hydrogen) atoms. The zero-order valence-corrected chi connectivity index (χ0v) is 17.3. The molecule has 0 aliphatic rings. The summed E-state index contributed by atoms with van der Waals surface area (Å²) in [4.78, 5) is 21.9. The second-order valence-corrected chi connectivity index (χ2v) is 8.42. The molecule has 1 atom stereocenters. The highest BCUT2D eigenvalue weighted by atomic mass is 32.2. The average Bonchev–Trinajstić information content (AvgIpc) is 2.91. The predicted molar refractivity (Wildman–Crippen MR) is 111 cm³/mol. The topological polar surface area (TPSA) is 51.0 Å². The van der Waals surface area contributed by atoms with Crippen molar-refractivity contribution < 1.29 is 4.79 Å². The van der Waals surface area contributed by atoms with E-state index in [2.05, 4.69) is 57.0 Å². The number of aromatic nitrogens is 3. The van der Waals surface area contributed by atoms with Gasteiger partial charge in [0, 0.05) is 17.6 Å². The fourth-order valence-corrected chi connectivity index (χ4v) is 4.59. The molecule has 1 unspecified atom stereocenters. The van der Waals surface area contributed by atoms with Crippen LogP contribution in [0.1, 0.15) is 32.2 Å². The van der Waals surface area contributed by atoms with Gasteiger partial charge in [-0.25, -0.2) is 9.29 Å². The molecule has 0 aliphatic carbocycles. The highest BCUT2D eigenvalue weighted by Gasteiger charge is 2.24. The standard InChI is InChI=1S/C21H26N4OS/c1-14(2)21(15(3)26)24(5)27-18-8-6-17(7-9-18)13-25-16(4)23-19-10-11-22-12-20(19)25/h6-12,14,21H,13H2,1-5H3. The molecule has 0 radical (unpaired) electrons. The number of benzene rings is 1. The third-order valence-corrected chi connectivity index (χ3v) is 5.69. The Morgan fingerprint density at radius 3 is 2.56 bits per heavy atom. The zero-order valence-electron chi connectivity index (χ0n) is 16.5. The minimum Gasteiger partial charge on any atom is -0.322 e. The van der Waals surface area contributed by atoms with Crippen molar-refractivity contribution in [1.82, 2.24) is 18.8 Å². The van der Waals surface area contributed by atoms with Crippen molar-refractivity contribution in [1.29, 1.82) is 0 Å². The van der Waals surface area contributed by atoms with E-state index in [1.165, 1.54) is 5.56 Å². The lowest BCUT2D eigenvalue weighted by molar-refractivity contribution is -0.121. The fraction of sp³-hybridized carbons (Fsp3) is 0.381. The quantitative estimate of drug-likeness (QED) is 0.569. The lowest BCUT2D eigenvalue weighted by atomic mass is 10.0. The Kier molecular flexibility index (Phi) is 5.97. The Balaban J connectivity index is 1.74. The highest BCUT2D eigenvalue weighted by molar-refractivity contribution is 7.97. The lowest BCUT2D eigenvalue weighted by Gasteiger charge is -2.27. The second kappa shape index (κ2) is 8.23. The minimum atomic E-state index is -0.0814. The van der Waals surface area contributed by atoms with Crippen LogP contribution in [0.3, 0.4) is 0 Å². The van der Waals surface area contributed by atoms with Crippen LogP contribution >= 0.6 is 11.9 Å². The number of Topliss-reactive ketones (excluding diaryl/α,β-unsaturated/α-hetero) is 1. The molecular formula is C21H26N4OS. The molecule has 3 aromatic rings. The van der Waals surface area contributed by atoms with Gasteiger partial charge in [0.25, 0.3) is 0 Å². The van der Waals surface area contributed by atoms with Crippen LogP contribution in [0.2, 0.25) is 0 Å². The van der Waals surface area contributed by atoms with Crippen LogP contribution in [0.25, 0.3) is 11.0 Å². The van der Waals surface area contributed by atoms with Crippen molar-refractivity contribution in [3.63, 3.8) is 0 Å². The molecule has 0 aliphatic heterocycles. The molecule has 0 saturated heterocycles. The van der Waals surface area contributed by atoms with Crippen LogP contribution in [0.4, 0.5) is 0 Å². The number of carbonyl (C=O) groups is 1. The van der Waals surface area contributed by atoms with E-state index in [0.717, 1.165) is 28.3 Å². The first kappa shape index (κ1) is 19.6. The molecule has 6 heteroatoms. The van der Waals surface area contributed by atoms with Crippen molar-refractivity contribution in [3.8, 4) is 0 Å². The first-order valence-corrected chi connectivity index (χ1v) is 9.91. The third kappa shape index (κ3) is 4.39. The number of imidazole rings is 1. The molecule has 1 aromatic carbocycles. The van der Waals surface area contributed by atoms with Crippen LogP contribution < -0.4 is 0 Å². The van der Waals surface area contributed by atoms with Gasteiger partial charge in [-0.15, -0.1) is 0 Å². The van der Waals surface area contributed by atoms with Crippen molar-refractivity contribution in [2.24, 2.45) is 5.92 Å². The molecule has 0 fully saturated rings. The molecule has 2 heterocycles. The molecule has 142 valence electrons. The number of hydrogen-bond acceptors (Lipinski definition) is 5. The summed E-state index contributed by atoms with van der Waals surface area (Å²) < 4.78 is 4.24. The number of likely N-dealkylation sites (N-methyl/N-ethyl adjacent to an activating group) is 1. The zero-order chi connectivity index (χ0) is 19.6. The van der Waals surface area contributed by atoms with Crippen molar-refractivity contribution in [2.45, 2.75) is 45.2 Å².